The van der Waals surface area contributed by atoms with Gasteiger partial charge in [0, 0.05) is 12.2 Å². The first kappa shape index (κ1) is 23.3. The number of halogens is 2. The van der Waals surface area contributed by atoms with Crippen LogP contribution in [0.4, 0.5) is 5.82 Å². The minimum Gasteiger partial charge on any atom is -0.384 e. The van der Waals surface area contributed by atoms with E-state index in [1.165, 1.54) is 0 Å². The highest BCUT2D eigenvalue weighted by Gasteiger charge is 2.31. The lowest BCUT2D eigenvalue weighted by Gasteiger charge is -2.17. The molecule has 3 rings (SSSR count). The highest BCUT2D eigenvalue weighted by atomic mass is 35.5. The van der Waals surface area contributed by atoms with Crippen molar-refractivity contribution in [3.8, 4) is 0 Å². The Morgan fingerprint density at radius 3 is 2.74 bits per heavy atom. The number of benzene rings is 1. The molecule has 5 N–H and O–H groups in total. The van der Waals surface area contributed by atoms with Crippen LogP contribution >= 0.6 is 23.2 Å². The Labute approximate surface area is 192 Å². The van der Waals surface area contributed by atoms with E-state index in [4.69, 9.17) is 28.9 Å². The van der Waals surface area contributed by atoms with Gasteiger partial charge in [-0.1, -0.05) is 35.3 Å². The summed E-state index contributed by atoms with van der Waals surface area (Å²) in [5, 5.41) is 9.93. The Kier molecular flexibility index (Phi) is 7.75. The van der Waals surface area contributed by atoms with Gasteiger partial charge in [-0.2, -0.15) is 0 Å². The molecule has 1 aromatic carbocycles. The molecule has 3 atom stereocenters. The Bertz CT molecular complexity index is 969. The summed E-state index contributed by atoms with van der Waals surface area (Å²) in [6.45, 7) is 4.56. The SMILES string of the molecule is Cc1nc(N)ccc1CNC(=O)[C@H](C)NC(=O)[C@H]1C[C@H](Cc2ccc(Cl)c(Cl)c2)CN1. The molecule has 1 aliphatic rings. The Morgan fingerprint density at radius 1 is 1.26 bits per heavy atom. The molecule has 0 saturated carbocycles. The summed E-state index contributed by atoms with van der Waals surface area (Å²) in [5.74, 6) is 0.312. The van der Waals surface area contributed by atoms with Crippen LogP contribution in [-0.2, 0) is 22.6 Å². The second-order valence-corrected chi connectivity index (χ2v) is 8.76. The predicted molar refractivity (Wildman–Crippen MR) is 123 cm³/mol. The van der Waals surface area contributed by atoms with Gasteiger partial charge in [0.25, 0.3) is 0 Å². The van der Waals surface area contributed by atoms with E-state index in [2.05, 4.69) is 20.9 Å². The predicted octanol–water partition coefficient (Wildman–Crippen LogP) is 2.62. The number of nitrogen functional groups attached to an aromatic ring is 1. The topological polar surface area (TPSA) is 109 Å². The molecule has 1 aromatic heterocycles. The number of pyridine rings is 1. The van der Waals surface area contributed by atoms with Gasteiger partial charge < -0.3 is 21.7 Å². The smallest absolute Gasteiger partial charge is 0.242 e. The Hall–Kier alpha value is -2.35. The van der Waals surface area contributed by atoms with Crippen molar-refractivity contribution in [1.82, 2.24) is 20.9 Å². The van der Waals surface area contributed by atoms with Gasteiger partial charge in [0.2, 0.25) is 11.8 Å². The van der Waals surface area contributed by atoms with E-state index in [0.717, 1.165) is 29.8 Å². The number of aryl methyl sites for hydroxylation is 1. The highest BCUT2D eigenvalue weighted by Crippen LogP contribution is 2.26. The third-order valence-electron chi connectivity index (χ3n) is 5.47. The number of hydrogen-bond donors (Lipinski definition) is 4. The van der Waals surface area contributed by atoms with Crippen molar-refractivity contribution in [3.63, 3.8) is 0 Å². The van der Waals surface area contributed by atoms with E-state index in [-0.39, 0.29) is 17.9 Å². The first-order valence-electron chi connectivity index (χ1n) is 10.2. The normalized spacial score (nSPS) is 19.1. The van der Waals surface area contributed by atoms with E-state index in [1.807, 2.05) is 25.1 Å². The average molecular weight is 464 g/mol. The molecule has 2 heterocycles. The molecule has 0 spiro atoms. The van der Waals surface area contributed by atoms with Gasteiger partial charge in [-0.15, -0.1) is 0 Å². The maximum absolute atomic E-state index is 12.6. The highest BCUT2D eigenvalue weighted by molar-refractivity contribution is 6.42. The number of aromatic nitrogens is 1. The lowest BCUT2D eigenvalue weighted by molar-refractivity contribution is -0.129. The molecule has 166 valence electrons. The molecule has 0 radical (unpaired) electrons. The second kappa shape index (κ2) is 10.3. The molecule has 2 aromatic rings. The molecule has 0 bridgehead atoms. The largest absolute Gasteiger partial charge is 0.384 e. The first-order chi connectivity index (χ1) is 14.7. The molecule has 7 nitrogen and oxygen atoms in total. The summed E-state index contributed by atoms with van der Waals surface area (Å²) < 4.78 is 0. The van der Waals surface area contributed by atoms with Gasteiger partial charge >= 0.3 is 0 Å². The van der Waals surface area contributed by atoms with Crippen LogP contribution in [0.25, 0.3) is 0 Å². The molecule has 2 amide bonds. The molecule has 0 unspecified atom stereocenters. The summed E-state index contributed by atoms with van der Waals surface area (Å²) in [7, 11) is 0. The molecular weight excluding hydrogens is 437 g/mol. The maximum Gasteiger partial charge on any atom is 0.242 e. The lowest BCUT2D eigenvalue weighted by Crippen LogP contribution is -2.50. The number of carbonyl (C=O) groups excluding carboxylic acids is 2. The zero-order valence-corrected chi connectivity index (χ0v) is 19.1. The number of rotatable bonds is 7. The van der Waals surface area contributed by atoms with E-state index >= 15 is 0 Å². The number of amides is 2. The third-order valence-corrected chi connectivity index (χ3v) is 6.21. The van der Waals surface area contributed by atoms with Gasteiger partial charge in [-0.05, 0) is 68.5 Å². The van der Waals surface area contributed by atoms with Crippen LogP contribution in [0, 0.1) is 12.8 Å². The maximum atomic E-state index is 12.6. The molecule has 1 fully saturated rings. The lowest BCUT2D eigenvalue weighted by atomic mass is 9.96. The monoisotopic (exact) mass is 463 g/mol. The average Bonchev–Trinajstić information content (AvgIpc) is 3.18. The van der Waals surface area contributed by atoms with Crippen molar-refractivity contribution in [1.29, 1.82) is 0 Å². The van der Waals surface area contributed by atoms with E-state index in [1.54, 1.807) is 19.1 Å². The number of nitrogens with two attached hydrogens (primary N) is 1. The molecule has 9 heteroatoms. The van der Waals surface area contributed by atoms with E-state index in [0.29, 0.717) is 34.7 Å². The fourth-order valence-corrected chi connectivity index (χ4v) is 4.00. The Balaban J connectivity index is 1.45. The first-order valence-corrected chi connectivity index (χ1v) is 11.0. The number of nitrogens with one attached hydrogen (secondary N) is 3. The number of carbonyl (C=O) groups is 2. The minimum absolute atomic E-state index is 0.176. The van der Waals surface area contributed by atoms with Gasteiger partial charge in [0.05, 0.1) is 16.1 Å². The fraction of sp³-hybridized carbons (Fsp3) is 0.409. The number of hydrogen-bond acceptors (Lipinski definition) is 5. The number of anilines is 1. The summed E-state index contributed by atoms with van der Waals surface area (Å²) in [4.78, 5) is 29.2. The van der Waals surface area contributed by atoms with Crippen LogP contribution in [0.2, 0.25) is 10.0 Å². The van der Waals surface area contributed by atoms with Crippen molar-refractivity contribution < 1.29 is 9.59 Å². The van der Waals surface area contributed by atoms with Crippen molar-refractivity contribution in [3.05, 3.63) is 57.2 Å². The van der Waals surface area contributed by atoms with Crippen LogP contribution in [0.5, 0.6) is 0 Å². The second-order valence-electron chi connectivity index (χ2n) is 7.94. The standard InChI is InChI=1S/C22H27Cl2N5O2/c1-12-16(4-6-20(25)28-12)11-27-21(30)13(2)29-22(31)19-9-15(10-26-19)7-14-3-5-17(23)18(24)8-14/h3-6,8,13,15,19,26H,7,9-11H2,1-2H3,(H2,25,28)(H,27,30)(H,29,31)/t13-,15-,19+/m0/s1. The van der Waals surface area contributed by atoms with Crippen molar-refractivity contribution in [2.24, 2.45) is 5.92 Å². The van der Waals surface area contributed by atoms with Gasteiger partial charge in [-0.25, -0.2) is 4.98 Å². The van der Waals surface area contributed by atoms with Crippen LogP contribution in [0.3, 0.4) is 0 Å². The molecule has 1 aliphatic heterocycles. The zero-order chi connectivity index (χ0) is 22.5. The minimum atomic E-state index is -0.648. The summed E-state index contributed by atoms with van der Waals surface area (Å²) in [6.07, 6.45) is 1.50. The Morgan fingerprint density at radius 2 is 2.03 bits per heavy atom. The van der Waals surface area contributed by atoms with Crippen LogP contribution in [0.15, 0.2) is 30.3 Å². The molecule has 31 heavy (non-hydrogen) atoms. The quantitative estimate of drug-likeness (QED) is 0.504. The molecular formula is C22H27Cl2N5O2. The summed E-state index contributed by atoms with van der Waals surface area (Å²) in [5.41, 5.74) is 8.38. The zero-order valence-electron chi connectivity index (χ0n) is 17.5. The van der Waals surface area contributed by atoms with Gasteiger partial charge in [0.1, 0.15) is 11.9 Å². The van der Waals surface area contributed by atoms with Crippen LogP contribution in [0.1, 0.15) is 30.2 Å². The van der Waals surface area contributed by atoms with E-state index < -0.39 is 6.04 Å². The van der Waals surface area contributed by atoms with Crippen LogP contribution in [-0.4, -0.2) is 35.4 Å². The summed E-state index contributed by atoms with van der Waals surface area (Å²) >= 11 is 12.1. The van der Waals surface area contributed by atoms with Gasteiger partial charge in [-0.3, -0.25) is 9.59 Å². The molecule has 0 aliphatic carbocycles. The van der Waals surface area contributed by atoms with Gasteiger partial charge in [0.15, 0.2) is 0 Å². The summed E-state index contributed by atoms with van der Waals surface area (Å²) in [6, 6.07) is 8.15. The number of nitrogens with zero attached hydrogens (tertiary/aromatic N) is 1. The fourth-order valence-electron chi connectivity index (χ4n) is 3.68. The molecule has 1 saturated heterocycles. The third kappa shape index (κ3) is 6.32. The van der Waals surface area contributed by atoms with Crippen molar-refractivity contribution >= 4 is 40.8 Å². The van der Waals surface area contributed by atoms with Crippen LogP contribution < -0.4 is 21.7 Å². The van der Waals surface area contributed by atoms with Crippen molar-refractivity contribution in [2.45, 2.75) is 45.3 Å². The van der Waals surface area contributed by atoms with Crippen molar-refractivity contribution in [2.75, 3.05) is 12.3 Å². The van der Waals surface area contributed by atoms with E-state index in [9.17, 15) is 9.59 Å².